The van der Waals surface area contributed by atoms with E-state index in [1.807, 2.05) is 6.08 Å². The molecule has 0 N–H and O–H groups in total. The Hall–Kier alpha value is -0.270. The fourth-order valence-corrected chi connectivity index (χ4v) is 1.93. The Kier molecular flexibility index (Phi) is 1.78. The van der Waals surface area contributed by atoms with Gasteiger partial charge in [-0.15, -0.1) is 0 Å². The maximum Gasteiger partial charge on any atom is 0.164 e. The summed E-state index contributed by atoms with van der Waals surface area (Å²) in [4.78, 5) is 0. The maximum atomic E-state index is 6.25. The lowest BCUT2D eigenvalue weighted by atomic mass is 10.1. The van der Waals surface area contributed by atoms with Gasteiger partial charge in [-0.25, -0.2) is 0 Å². The average Bonchev–Trinajstić information content (AvgIpc) is 2.55. The van der Waals surface area contributed by atoms with Crippen molar-refractivity contribution in [2.24, 2.45) is 0 Å². The standard InChI is InChI=1S/C9H11ClO/c10-9(6-3-7-11-9)8-4-1-2-5-8/h1-2,4H,3,5-7H2. The molecule has 0 aromatic rings. The van der Waals surface area contributed by atoms with E-state index in [1.165, 1.54) is 5.57 Å². The molecule has 1 aliphatic carbocycles. The molecule has 0 saturated carbocycles. The summed E-state index contributed by atoms with van der Waals surface area (Å²) < 4.78 is 5.48. The van der Waals surface area contributed by atoms with Crippen molar-refractivity contribution in [3.05, 3.63) is 23.8 Å². The number of ether oxygens (including phenoxy) is 1. The Morgan fingerprint density at radius 3 is 3.00 bits per heavy atom. The van der Waals surface area contributed by atoms with Crippen molar-refractivity contribution in [1.29, 1.82) is 0 Å². The van der Waals surface area contributed by atoms with E-state index in [-0.39, 0.29) is 0 Å². The minimum atomic E-state index is -0.455. The molecule has 1 heterocycles. The van der Waals surface area contributed by atoms with Crippen molar-refractivity contribution in [3.8, 4) is 0 Å². The summed E-state index contributed by atoms with van der Waals surface area (Å²) in [6.07, 6.45) is 9.23. The van der Waals surface area contributed by atoms with Crippen molar-refractivity contribution in [2.75, 3.05) is 6.61 Å². The van der Waals surface area contributed by atoms with E-state index in [0.29, 0.717) is 0 Å². The third-order valence-electron chi connectivity index (χ3n) is 2.22. The number of hydrogen-bond acceptors (Lipinski definition) is 1. The zero-order valence-electron chi connectivity index (χ0n) is 6.35. The van der Waals surface area contributed by atoms with E-state index in [2.05, 4.69) is 12.2 Å². The van der Waals surface area contributed by atoms with Crippen LogP contribution >= 0.6 is 11.6 Å². The molecule has 1 saturated heterocycles. The normalized spacial score (nSPS) is 36.3. The van der Waals surface area contributed by atoms with Crippen molar-refractivity contribution in [3.63, 3.8) is 0 Å². The van der Waals surface area contributed by atoms with E-state index >= 15 is 0 Å². The monoisotopic (exact) mass is 170 g/mol. The van der Waals surface area contributed by atoms with Gasteiger partial charge < -0.3 is 4.74 Å². The Labute approximate surface area is 71.7 Å². The minimum absolute atomic E-state index is 0.455. The summed E-state index contributed by atoms with van der Waals surface area (Å²) in [5.41, 5.74) is 1.22. The molecular formula is C9H11ClO. The third-order valence-corrected chi connectivity index (χ3v) is 2.77. The third kappa shape index (κ3) is 1.23. The second-order valence-corrected chi connectivity index (χ2v) is 3.62. The number of halogens is 1. The molecule has 0 amide bonds. The quantitative estimate of drug-likeness (QED) is 0.550. The van der Waals surface area contributed by atoms with Crippen LogP contribution in [0.25, 0.3) is 0 Å². The van der Waals surface area contributed by atoms with Crippen LogP contribution in [0.5, 0.6) is 0 Å². The Balaban J connectivity index is 2.13. The lowest BCUT2D eigenvalue weighted by Crippen LogP contribution is -2.21. The van der Waals surface area contributed by atoms with Crippen molar-refractivity contribution >= 4 is 11.6 Å². The van der Waals surface area contributed by atoms with Gasteiger partial charge in [0.25, 0.3) is 0 Å². The van der Waals surface area contributed by atoms with Crippen LogP contribution in [0.3, 0.4) is 0 Å². The summed E-state index contributed by atoms with van der Waals surface area (Å²) in [6.45, 7) is 0.806. The molecule has 2 heteroatoms. The molecule has 60 valence electrons. The van der Waals surface area contributed by atoms with E-state index in [1.54, 1.807) is 0 Å². The van der Waals surface area contributed by atoms with Gasteiger partial charge in [-0.1, -0.05) is 29.8 Å². The smallest absolute Gasteiger partial charge is 0.164 e. The molecule has 0 aromatic heterocycles. The highest BCUT2D eigenvalue weighted by Gasteiger charge is 2.36. The minimum Gasteiger partial charge on any atom is -0.356 e. The predicted molar refractivity (Wildman–Crippen MR) is 45.6 cm³/mol. The lowest BCUT2D eigenvalue weighted by Gasteiger charge is -2.21. The van der Waals surface area contributed by atoms with Gasteiger partial charge in [-0.3, -0.25) is 0 Å². The van der Waals surface area contributed by atoms with Crippen LogP contribution in [-0.2, 0) is 4.74 Å². The van der Waals surface area contributed by atoms with E-state index < -0.39 is 5.06 Å². The second kappa shape index (κ2) is 2.65. The van der Waals surface area contributed by atoms with Crippen LogP contribution in [0.1, 0.15) is 19.3 Å². The Morgan fingerprint density at radius 1 is 1.55 bits per heavy atom. The summed E-state index contributed by atoms with van der Waals surface area (Å²) in [5.74, 6) is 0. The molecule has 1 fully saturated rings. The topological polar surface area (TPSA) is 9.23 Å². The first kappa shape index (κ1) is 7.38. The van der Waals surface area contributed by atoms with E-state index in [4.69, 9.17) is 16.3 Å². The molecule has 0 bridgehead atoms. The number of allylic oxidation sites excluding steroid dienone is 3. The van der Waals surface area contributed by atoms with Crippen LogP contribution in [0, 0.1) is 0 Å². The van der Waals surface area contributed by atoms with E-state index in [0.717, 1.165) is 25.9 Å². The molecule has 2 aliphatic rings. The van der Waals surface area contributed by atoms with Crippen LogP contribution < -0.4 is 0 Å². The molecule has 1 atom stereocenters. The molecule has 1 aliphatic heterocycles. The molecule has 11 heavy (non-hydrogen) atoms. The predicted octanol–water partition coefficient (Wildman–Crippen LogP) is 2.62. The molecule has 1 nitrogen and oxygen atoms in total. The zero-order valence-corrected chi connectivity index (χ0v) is 7.10. The fraction of sp³-hybridized carbons (Fsp3) is 0.556. The van der Waals surface area contributed by atoms with Crippen LogP contribution in [0.15, 0.2) is 23.8 Å². The van der Waals surface area contributed by atoms with E-state index in [9.17, 15) is 0 Å². The molecule has 0 spiro atoms. The fourth-order valence-electron chi connectivity index (χ4n) is 1.58. The maximum absolute atomic E-state index is 6.25. The molecular weight excluding hydrogens is 160 g/mol. The van der Waals surface area contributed by atoms with Gasteiger partial charge in [-0.2, -0.15) is 0 Å². The van der Waals surface area contributed by atoms with Crippen molar-refractivity contribution < 1.29 is 4.74 Å². The summed E-state index contributed by atoms with van der Waals surface area (Å²) in [6, 6.07) is 0. The molecule has 1 unspecified atom stereocenters. The highest BCUT2D eigenvalue weighted by Crippen LogP contribution is 2.39. The summed E-state index contributed by atoms with van der Waals surface area (Å²) in [5, 5.41) is -0.455. The first-order valence-electron chi connectivity index (χ1n) is 4.00. The van der Waals surface area contributed by atoms with Gasteiger partial charge in [0, 0.05) is 6.61 Å². The molecule has 0 radical (unpaired) electrons. The average molecular weight is 171 g/mol. The zero-order chi connectivity index (χ0) is 7.73. The van der Waals surface area contributed by atoms with Gasteiger partial charge in [0.2, 0.25) is 0 Å². The van der Waals surface area contributed by atoms with Gasteiger partial charge in [0.05, 0.1) is 0 Å². The highest BCUT2D eigenvalue weighted by atomic mass is 35.5. The summed E-state index contributed by atoms with van der Waals surface area (Å²) >= 11 is 6.25. The molecule has 0 aromatic carbocycles. The van der Waals surface area contributed by atoms with Gasteiger partial charge in [0.15, 0.2) is 5.06 Å². The largest absolute Gasteiger partial charge is 0.356 e. The Morgan fingerprint density at radius 2 is 2.45 bits per heavy atom. The van der Waals surface area contributed by atoms with Gasteiger partial charge >= 0.3 is 0 Å². The Bertz CT molecular complexity index is 212. The SMILES string of the molecule is ClC1(C2=CC=CC2)CCCO1. The highest BCUT2D eigenvalue weighted by molar-refractivity contribution is 6.25. The number of alkyl halides is 1. The molecule has 2 rings (SSSR count). The summed E-state index contributed by atoms with van der Waals surface area (Å²) in [7, 11) is 0. The number of hydrogen-bond donors (Lipinski definition) is 0. The van der Waals surface area contributed by atoms with Crippen LogP contribution in [0.4, 0.5) is 0 Å². The van der Waals surface area contributed by atoms with Gasteiger partial charge in [-0.05, 0) is 24.8 Å². The van der Waals surface area contributed by atoms with Crippen molar-refractivity contribution in [2.45, 2.75) is 24.3 Å². The van der Waals surface area contributed by atoms with Crippen molar-refractivity contribution in [1.82, 2.24) is 0 Å². The van der Waals surface area contributed by atoms with Crippen LogP contribution in [0.2, 0.25) is 0 Å². The second-order valence-electron chi connectivity index (χ2n) is 3.00. The first-order valence-corrected chi connectivity index (χ1v) is 4.38. The number of rotatable bonds is 1. The van der Waals surface area contributed by atoms with Gasteiger partial charge in [0.1, 0.15) is 0 Å². The lowest BCUT2D eigenvalue weighted by molar-refractivity contribution is 0.102. The first-order chi connectivity index (χ1) is 5.31. The van der Waals surface area contributed by atoms with Crippen LogP contribution in [-0.4, -0.2) is 11.7 Å².